The Morgan fingerprint density at radius 1 is 0.800 bits per heavy atom. The monoisotopic (exact) mass is 353 g/mol. The Bertz CT molecular complexity index is 463. The molecule has 0 spiro atoms. The Labute approximate surface area is 149 Å². The van der Waals surface area contributed by atoms with Gasteiger partial charge in [0.25, 0.3) is 0 Å². The summed E-state index contributed by atoms with van der Waals surface area (Å²) in [6, 6.07) is -0.484. The highest BCUT2D eigenvalue weighted by Gasteiger charge is 2.29. The summed E-state index contributed by atoms with van der Waals surface area (Å²) >= 11 is 0. The fraction of sp³-hybridized carbons (Fsp3) is 0.833. The minimum atomic E-state index is -0.852. The van der Waals surface area contributed by atoms with Gasteiger partial charge in [0.05, 0.1) is 12.5 Å². The van der Waals surface area contributed by atoms with Crippen molar-refractivity contribution in [3.8, 4) is 0 Å². The summed E-state index contributed by atoms with van der Waals surface area (Å²) in [6.45, 7) is -0.124. The van der Waals surface area contributed by atoms with Crippen LogP contribution in [0.15, 0.2) is 0 Å². The van der Waals surface area contributed by atoms with Gasteiger partial charge >= 0.3 is 12.0 Å². The third-order valence-electron chi connectivity index (χ3n) is 5.28. The molecule has 2 saturated carbocycles. The number of urea groups is 1. The van der Waals surface area contributed by atoms with Crippen molar-refractivity contribution in [2.75, 3.05) is 6.54 Å². The van der Waals surface area contributed by atoms with Crippen LogP contribution in [0.1, 0.15) is 70.6 Å². The minimum Gasteiger partial charge on any atom is -0.481 e. The third kappa shape index (κ3) is 6.92. The van der Waals surface area contributed by atoms with E-state index in [0.29, 0.717) is 12.8 Å². The Morgan fingerprint density at radius 2 is 1.40 bits per heavy atom. The lowest BCUT2D eigenvalue weighted by molar-refractivity contribution is -0.143. The number of aliphatic carboxylic acids is 1. The van der Waals surface area contributed by atoms with Crippen molar-refractivity contribution in [1.82, 2.24) is 16.0 Å². The summed E-state index contributed by atoms with van der Waals surface area (Å²) in [4.78, 5) is 35.5. The van der Waals surface area contributed by atoms with Crippen LogP contribution in [0.4, 0.5) is 4.79 Å². The van der Waals surface area contributed by atoms with Crippen molar-refractivity contribution in [2.45, 2.75) is 82.7 Å². The van der Waals surface area contributed by atoms with Gasteiger partial charge in [-0.15, -0.1) is 0 Å². The summed E-state index contributed by atoms with van der Waals surface area (Å²) in [7, 11) is 0. The number of amides is 3. The SMILES string of the molecule is O=C(CNC(=O)NC1CCCCC1)NC1CCCCCCC1C(=O)O. The largest absolute Gasteiger partial charge is 0.481 e. The molecule has 0 radical (unpaired) electrons. The van der Waals surface area contributed by atoms with Crippen LogP contribution >= 0.6 is 0 Å². The predicted octanol–water partition coefficient (Wildman–Crippen LogP) is 2.16. The average molecular weight is 353 g/mol. The smallest absolute Gasteiger partial charge is 0.315 e. The Morgan fingerprint density at radius 3 is 2.08 bits per heavy atom. The van der Waals surface area contributed by atoms with Crippen LogP contribution in [0.25, 0.3) is 0 Å². The molecule has 7 heteroatoms. The molecule has 2 aliphatic carbocycles. The maximum Gasteiger partial charge on any atom is 0.315 e. The third-order valence-corrected chi connectivity index (χ3v) is 5.28. The molecule has 0 aromatic rings. The lowest BCUT2D eigenvalue weighted by Gasteiger charge is -2.27. The molecular formula is C18H31N3O4. The molecule has 0 heterocycles. The molecule has 0 aromatic carbocycles. The van der Waals surface area contributed by atoms with Crippen LogP contribution in [0.2, 0.25) is 0 Å². The van der Waals surface area contributed by atoms with E-state index in [0.717, 1.165) is 51.4 Å². The molecular weight excluding hydrogens is 322 g/mol. The highest BCUT2D eigenvalue weighted by atomic mass is 16.4. The van der Waals surface area contributed by atoms with Crippen molar-refractivity contribution in [3.63, 3.8) is 0 Å². The zero-order chi connectivity index (χ0) is 18.1. The number of carbonyl (C=O) groups excluding carboxylic acids is 2. The second-order valence-corrected chi connectivity index (χ2v) is 7.27. The standard InChI is InChI=1S/C18H31N3O4/c22-16(12-19-18(25)20-13-8-4-3-5-9-13)21-15-11-7-2-1-6-10-14(15)17(23)24/h13-15H,1-12H2,(H,21,22)(H,23,24)(H2,19,20,25). The van der Waals surface area contributed by atoms with E-state index >= 15 is 0 Å². The van der Waals surface area contributed by atoms with Gasteiger partial charge in [0.1, 0.15) is 0 Å². The number of carboxylic acid groups (broad SMARTS) is 1. The Balaban J connectivity index is 1.74. The Hall–Kier alpha value is -1.79. The van der Waals surface area contributed by atoms with Crippen LogP contribution in [0.3, 0.4) is 0 Å². The molecule has 0 aliphatic heterocycles. The van der Waals surface area contributed by atoms with Gasteiger partial charge in [-0.1, -0.05) is 44.9 Å². The summed E-state index contributed by atoms with van der Waals surface area (Å²) in [5.41, 5.74) is 0. The fourth-order valence-electron chi connectivity index (χ4n) is 3.85. The van der Waals surface area contributed by atoms with Gasteiger partial charge in [-0.2, -0.15) is 0 Å². The van der Waals surface area contributed by atoms with E-state index in [1.807, 2.05) is 0 Å². The number of hydrogen-bond acceptors (Lipinski definition) is 3. The summed E-state index contributed by atoms with van der Waals surface area (Å²) in [6.07, 6.45) is 10.6. The molecule has 3 amide bonds. The van der Waals surface area contributed by atoms with Crippen LogP contribution in [0, 0.1) is 5.92 Å². The number of carboxylic acids is 1. The fourth-order valence-corrected chi connectivity index (χ4v) is 3.85. The highest BCUT2D eigenvalue weighted by Crippen LogP contribution is 2.23. The second kappa shape index (κ2) is 10.3. The molecule has 0 bridgehead atoms. The molecule has 2 unspecified atom stereocenters. The zero-order valence-corrected chi connectivity index (χ0v) is 14.9. The lowest BCUT2D eigenvalue weighted by Crippen LogP contribution is -2.50. The molecule has 25 heavy (non-hydrogen) atoms. The van der Waals surface area contributed by atoms with E-state index in [9.17, 15) is 19.5 Å². The molecule has 2 rings (SSSR count). The first kappa shape index (κ1) is 19.5. The van der Waals surface area contributed by atoms with E-state index in [-0.39, 0.29) is 30.6 Å². The summed E-state index contributed by atoms with van der Waals surface area (Å²) < 4.78 is 0. The highest BCUT2D eigenvalue weighted by molar-refractivity contribution is 5.84. The number of rotatable bonds is 5. The van der Waals surface area contributed by atoms with Gasteiger partial charge in [-0.3, -0.25) is 9.59 Å². The molecule has 4 N–H and O–H groups in total. The van der Waals surface area contributed by atoms with Crippen LogP contribution < -0.4 is 16.0 Å². The number of carbonyl (C=O) groups is 3. The predicted molar refractivity (Wildman–Crippen MR) is 94.2 cm³/mol. The number of hydrogen-bond donors (Lipinski definition) is 4. The van der Waals surface area contributed by atoms with Crippen molar-refractivity contribution in [1.29, 1.82) is 0 Å². The first-order chi connectivity index (χ1) is 12.1. The minimum absolute atomic E-state index is 0.124. The van der Waals surface area contributed by atoms with E-state index in [1.165, 1.54) is 6.42 Å². The quantitative estimate of drug-likeness (QED) is 0.607. The van der Waals surface area contributed by atoms with Crippen LogP contribution in [0.5, 0.6) is 0 Å². The molecule has 142 valence electrons. The average Bonchev–Trinajstić information content (AvgIpc) is 2.56. The van der Waals surface area contributed by atoms with Crippen molar-refractivity contribution < 1.29 is 19.5 Å². The van der Waals surface area contributed by atoms with Crippen LogP contribution in [-0.4, -0.2) is 41.6 Å². The summed E-state index contributed by atoms with van der Waals surface area (Å²) in [5, 5.41) is 17.7. The first-order valence-corrected chi connectivity index (χ1v) is 9.63. The van der Waals surface area contributed by atoms with Crippen LogP contribution in [-0.2, 0) is 9.59 Å². The van der Waals surface area contributed by atoms with Gasteiger partial charge in [-0.25, -0.2) is 4.79 Å². The van der Waals surface area contributed by atoms with Crippen molar-refractivity contribution in [3.05, 3.63) is 0 Å². The van der Waals surface area contributed by atoms with Gasteiger partial charge in [0, 0.05) is 12.1 Å². The van der Waals surface area contributed by atoms with Gasteiger partial charge in [-0.05, 0) is 25.7 Å². The Kier molecular flexibility index (Phi) is 8.01. The van der Waals surface area contributed by atoms with Gasteiger partial charge in [0.15, 0.2) is 0 Å². The van der Waals surface area contributed by atoms with E-state index in [1.54, 1.807) is 0 Å². The van der Waals surface area contributed by atoms with Gasteiger partial charge < -0.3 is 21.1 Å². The normalized spacial score (nSPS) is 25.3. The van der Waals surface area contributed by atoms with E-state index in [4.69, 9.17) is 0 Å². The molecule has 7 nitrogen and oxygen atoms in total. The second-order valence-electron chi connectivity index (χ2n) is 7.27. The van der Waals surface area contributed by atoms with Crippen molar-refractivity contribution >= 4 is 17.9 Å². The van der Waals surface area contributed by atoms with Crippen molar-refractivity contribution in [2.24, 2.45) is 5.92 Å². The maximum absolute atomic E-state index is 12.1. The molecule has 2 aliphatic rings. The molecule has 0 aromatic heterocycles. The summed E-state index contributed by atoms with van der Waals surface area (Å²) in [5.74, 6) is -1.72. The molecule has 2 atom stereocenters. The van der Waals surface area contributed by atoms with E-state index < -0.39 is 11.9 Å². The molecule has 0 saturated heterocycles. The zero-order valence-electron chi connectivity index (χ0n) is 14.9. The number of nitrogens with one attached hydrogen (secondary N) is 3. The maximum atomic E-state index is 12.1. The molecule has 2 fully saturated rings. The topological polar surface area (TPSA) is 108 Å². The lowest BCUT2D eigenvalue weighted by atomic mass is 9.87. The van der Waals surface area contributed by atoms with Gasteiger partial charge in [0.2, 0.25) is 5.91 Å². The van der Waals surface area contributed by atoms with E-state index in [2.05, 4.69) is 16.0 Å². The first-order valence-electron chi connectivity index (χ1n) is 9.63.